The average Bonchev–Trinajstić information content (AvgIpc) is 2.77. The molecule has 2 fully saturated rings. The number of nitrogens with zero attached hydrogens (tertiary/aromatic N) is 2. The first-order valence-electron chi connectivity index (χ1n) is 10.5. The summed E-state index contributed by atoms with van der Waals surface area (Å²) in [6.45, 7) is 0.749. The first-order valence-corrected chi connectivity index (χ1v) is 12.4. The van der Waals surface area contributed by atoms with Gasteiger partial charge in [-0.3, -0.25) is 9.10 Å². The fraction of sp³-hybridized carbons (Fsp3) is 0.435. The van der Waals surface area contributed by atoms with Gasteiger partial charge in [0.2, 0.25) is 0 Å². The molecule has 2 aromatic carbocycles. The molecular weight excluding hydrogens is 420 g/mol. The van der Waals surface area contributed by atoms with E-state index in [1.54, 1.807) is 36.4 Å². The Hall–Kier alpha value is -2.05. The Morgan fingerprint density at radius 1 is 1.03 bits per heavy atom. The van der Waals surface area contributed by atoms with E-state index < -0.39 is 10.0 Å². The maximum absolute atomic E-state index is 13.3. The summed E-state index contributed by atoms with van der Waals surface area (Å²) in [7, 11) is -2.32. The Morgan fingerprint density at radius 2 is 1.77 bits per heavy atom. The summed E-state index contributed by atoms with van der Waals surface area (Å²) in [5.74, 6) is 0.520. The summed E-state index contributed by atoms with van der Waals surface area (Å²) in [5.41, 5.74) is 0.905. The van der Waals surface area contributed by atoms with Crippen LogP contribution in [0.2, 0.25) is 5.02 Å². The number of anilines is 1. The molecule has 1 aliphatic heterocycles. The van der Waals surface area contributed by atoms with Gasteiger partial charge in [-0.15, -0.1) is 0 Å². The van der Waals surface area contributed by atoms with E-state index in [-0.39, 0.29) is 16.8 Å². The van der Waals surface area contributed by atoms with Gasteiger partial charge < -0.3 is 4.90 Å². The average molecular weight is 447 g/mol. The molecule has 2 atom stereocenters. The van der Waals surface area contributed by atoms with Crippen LogP contribution in [-0.4, -0.2) is 38.9 Å². The summed E-state index contributed by atoms with van der Waals surface area (Å²) >= 11 is 6.02. The van der Waals surface area contributed by atoms with Gasteiger partial charge in [0.15, 0.2) is 0 Å². The highest BCUT2D eigenvalue weighted by Gasteiger charge is 2.36. The van der Waals surface area contributed by atoms with E-state index in [2.05, 4.69) is 0 Å². The summed E-state index contributed by atoms with van der Waals surface area (Å²) in [4.78, 5) is 15.4. The first kappa shape index (κ1) is 21.2. The van der Waals surface area contributed by atoms with Crippen molar-refractivity contribution >= 4 is 33.2 Å². The van der Waals surface area contributed by atoms with Crippen LogP contribution in [0.4, 0.5) is 5.69 Å². The number of rotatable bonds is 4. The Balaban J connectivity index is 1.61. The van der Waals surface area contributed by atoms with Crippen molar-refractivity contribution in [2.45, 2.75) is 49.5 Å². The van der Waals surface area contributed by atoms with Crippen LogP contribution in [0.3, 0.4) is 0 Å². The Labute approximate surface area is 183 Å². The van der Waals surface area contributed by atoms with Gasteiger partial charge in [-0.1, -0.05) is 36.6 Å². The molecule has 1 saturated heterocycles. The maximum atomic E-state index is 13.3. The third-order valence-corrected chi connectivity index (χ3v) is 8.43. The second kappa shape index (κ2) is 8.60. The molecule has 1 amide bonds. The summed E-state index contributed by atoms with van der Waals surface area (Å²) in [6, 6.07) is 13.4. The molecule has 0 bridgehead atoms. The van der Waals surface area contributed by atoms with Crippen molar-refractivity contribution in [2.24, 2.45) is 5.92 Å². The minimum absolute atomic E-state index is 0.0611. The van der Waals surface area contributed by atoms with E-state index in [0.717, 1.165) is 25.8 Å². The number of carbonyl (C=O) groups is 1. The van der Waals surface area contributed by atoms with Crippen LogP contribution in [-0.2, 0) is 10.0 Å². The van der Waals surface area contributed by atoms with E-state index in [1.807, 2.05) is 4.90 Å². The van der Waals surface area contributed by atoms with Gasteiger partial charge >= 0.3 is 0 Å². The van der Waals surface area contributed by atoms with Crippen molar-refractivity contribution in [1.82, 2.24) is 4.90 Å². The standard InChI is InChI=1S/C23H27ClN2O3S/c1-25(20-11-5-10-19(24)16-20)30(28,29)21-12-4-8-18(15-21)23(27)26-14-6-9-17-7-2-3-13-22(17)26/h4-5,8,10-12,15-17,22H,2-3,6-7,9,13-14H2,1H3. The Bertz CT molecular complexity index is 1040. The van der Waals surface area contributed by atoms with Gasteiger partial charge in [-0.05, 0) is 68.0 Å². The molecule has 1 aliphatic carbocycles. The van der Waals surface area contributed by atoms with Crippen LogP contribution >= 0.6 is 11.6 Å². The number of benzene rings is 2. The zero-order chi connectivity index (χ0) is 21.3. The molecule has 1 saturated carbocycles. The fourth-order valence-electron chi connectivity index (χ4n) is 4.80. The van der Waals surface area contributed by atoms with Crippen LogP contribution < -0.4 is 4.31 Å². The van der Waals surface area contributed by atoms with Crippen molar-refractivity contribution in [1.29, 1.82) is 0 Å². The van der Waals surface area contributed by atoms with E-state index in [4.69, 9.17) is 11.6 Å². The predicted molar refractivity (Wildman–Crippen MR) is 119 cm³/mol. The normalized spacial score (nSPS) is 21.7. The Kier molecular flexibility index (Phi) is 6.07. The number of amides is 1. The zero-order valence-corrected chi connectivity index (χ0v) is 18.7. The van der Waals surface area contributed by atoms with Crippen LogP contribution in [0.25, 0.3) is 0 Å². The summed E-state index contributed by atoms with van der Waals surface area (Å²) < 4.78 is 27.6. The fourth-order valence-corrected chi connectivity index (χ4v) is 6.22. The molecule has 1 heterocycles. The predicted octanol–water partition coefficient (Wildman–Crippen LogP) is 4.96. The molecule has 2 unspecified atom stereocenters. The molecule has 2 aromatic rings. The molecule has 0 aromatic heterocycles. The van der Waals surface area contributed by atoms with Crippen LogP contribution in [0, 0.1) is 5.92 Å². The number of likely N-dealkylation sites (tertiary alicyclic amines) is 1. The van der Waals surface area contributed by atoms with Crippen molar-refractivity contribution in [3.63, 3.8) is 0 Å². The minimum Gasteiger partial charge on any atom is -0.335 e. The molecule has 0 spiro atoms. The minimum atomic E-state index is -3.81. The lowest BCUT2D eigenvalue weighted by Crippen LogP contribution is -2.49. The number of piperidine rings is 1. The van der Waals surface area contributed by atoms with Crippen LogP contribution in [0.15, 0.2) is 53.4 Å². The van der Waals surface area contributed by atoms with Crippen molar-refractivity contribution in [3.8, 4) is 0 Å². The van der Waals surface area contributed by atoms with Gasteiger partial charge in [-0.2, -0.15) is 0 Å². The number of hydrogen-bond acceptors (Lipinski definition) is 3. The smallest absolute Gasteiger partial charge is 0.264 e. The number of fused-ring (bicyclic) bond motifs is 1. The van der Waals surface area contributed by atoms with Gasteiger partial charge in [0.1, 0.15) is 0 Å². The topological polar surface area (TPSA) is 57.7 Å². The molecule has 0 radical (unpaired) electrons. The van der Waals surface area contributed by atoms with Crippen molar-refractivity contribution < 1.29 is 13.2 Å². The lowest BCUT2D eigenvalue weighted by Gasteiger charge is -2.44. The molecule has 160 valence electrons. The zero-order valence-electron chi connectivity index (χ0n) is 17.1. The molecule has 2 aliphatic rings. The lowest BCUT2D eigenvalue weighted by atomic mass is 9.78. The van der Waals surface area contributed by atoms with Crippen molar-refractivity contribution in [2.75, 3.05) is 17.9 Å². The maximum Gasteiger partial charge on any atom is 0.264 e. The molecule has 4 rings (SSSR count). The third kappa shape index (κ3) is 4.08. The summed E-state index contributed by atoms with van der Waals surface area (Å²) in [5, 5.41) is 0.464. The van der Waals surface area contributed by atoms with Gasteiger partial charge in [-0.25, -0.2) is 8.42 Å². The van der Waals surface area contributed by atoms with E-state index in [1.165, 1.54) is 42.7 Å². The highest BCUT2D eigenvalue weighted by atomic mass is 35.5. The highest BCUT2D eigenvalue weighted by Crippen LogP contribution is 2.36. The van der Waals surface area contributed by atoms with Crippen molar-refractivity contribution in [3.05, 3.63) is 59.1 Å². The van der Waals surface area contributed by atoms with Crippen LogP contribution in [0.5, 0.6) is 0 Å². The van der Waals surface area contributed by atoms with Crippen LogP contribution in [0.1, 0.15) is 48.9 Å². The molecular formula is C23H27ClN2O3S. The largest absolute Gasteiger partial charge is 0.335 e. The monoisotopic (exact) mass is 446 g/mol. The summed E-state index contributed by atoms with van der Waals surface area (Å²) in [6.07, 6.45) is 6.84. The lowest BCUT2D eigenvalue weighted by molar-refractivity contribution is 0.0390. The first-order chi connectivity index (χ1) is 14.4. The second-order valence-electron chi connectivity index (χ2n) is 8.23. The Morgan fingerprint density at radius 3 is 2.57 bits per heavy atom. The highest BCUT2D eigenvalue weighted by molar-refractivity contribution is 7.92. The molecule has 30 heavy (non-hydrogen) atoms. The van der Waals surface area contributed by atoms with E-state index in [9.17, 15) is 13.2 Å². The number of carbonyl (C=O) groups excluding carboxylic acids is 1. The molecule has 0 N–H and O–H groups in total. The number of halogens is 1. The number of hydrogen-bond donors (Lipinski definition) is 0. The van der Waals surface area contributed by atoms with Gasteiger partial charge in [0, 0.05) is 30.2 Å². The SMILES string of the molecule is CN(c1cccc(Cl)c1)S(=O)(=O)c1cccc(C(=O)N2CCCC3CCCCC32)c1. The second-order valence-corrected chi connectivity index (χ2v) is 10.6. The molecule has 7 heteroatoms. The third-order valence-electron chi connectivity index (χ3n) is 6.42. The number of sulfonamides is 1. The van der Waals surface area contributed by atoms with E-state index in [0.29, 0.717) is 22.2 Å². The molecule has 5 nitrogen and oxygen atoms in total. The van der Waals surface area contributed by atoms with E-state index >= 15 is 0 Å². The van der Waals surface area contributed by atoms with Gasteiger partial charge in [0.05, 0.1) is 10.6 Å². The van der Waals surface area contributed by atoms with Gasteiger partial charge in [0.25, 0.3) is 15.9 Å². The quantitative estimate of drug-likeness (QED) is 0.666.